The number of alkyl halides is 1. The summed E-state index contributed by atoms with van der Waals surface area (Å²) in [6.45, 7) is 0. The number of rotatable bonds is 0. The summed E-state index contributed by atoms with van der Waals surface area (Å²) in [7, 11) is 0. The first-order valence-electron chi connectivity index (χ1n) is 3.42. The van der Waals surface area contributed by atoms with Gasteiger partial charge in [0, 0.05) is 0 Å². The number of fused-ring (bicyclic) bond motifs is 1. The third-order valence-corrected chi connectivity index (χ3v) is 2.79. The van der Waals surface area contributed by atoms with E-state index in [1.54, 1.807) is 6.08 Å². The summed E-state index contributed by atoms with van der Waals surface area (Å²) in [6, 6.07) is 7.94. The van der Waals surface area contributed by atoms with Crippen molar-refractivity contribution in [3.05, 3.63) is 41.2 Å². The molecule has 0 radical (unpaired) electrons. The van der Waals surface area contributed by atoms with E-state index in [2.05, 4.69) is 15.9 Å². The van der Waals surface area contributed by atoms with Gasteiger partial charge < -0.3 is 5.11 Å². The molecule has 1 unspecified atom stereocenters. The Morgan fingerprint density at radius 3 is 2.73 bits per heavy atom. The highest BCUT2D eigenvalue weighted by atomic mass is 79.9. The van der Waals surface area contributed by atoms with Crippen LogP contribution in [0.15, 0.2) is 30.0 Å². The average molecular weight is 211 g/mol. The summed E-state index contributed by atoms with van der Waals surface area (Å²) >= 11 is 3.38. The molecule has 2 rings (SSSR count). The highest BCUT2D eigenvalue weighted by molar-refractivity contribution is 9.09. The van der Waals surface area contributed by atoms with Gasteiger partial charge in [0.15, 0.2) is 0 Å². The van der Waals surface area contributed by atoms with Crippen LogP contribution in [0.5, 0.6) is 0 Å². The van der Waals surface area contributed by atoms with Gasteiger partial charge in [0.2, 0.25) is 0 Å². The summed E-state index contributed by atoms with van der Waals surface area (Å²) in [6.07, 6.45) is 1.79. The number of aliphatic hydroxyl groups excluding tert-OH is 1. The van der Waals surface area contributed by atoms with Crippen LogP contribution < -0.4 is 0 Å². The molecule has 0 aromatic heterocycles. The van der Waals surface area contributed by atoms with Crippen LogP contribution in [-0.2, 0) is 0 Å². The third-order valence-electron chi connectivity index (χ3n) is 1.83. The smallest absolute Gasteiger partial charge is 0.111 e. The van der Waals surface area contributed by atoms with Crippen molar-refractivity contribution in [3.63, 3.8) is 0 Å². The molecule has 0 spiro atoms. The van der Waals surface area contributed by atoms with E-state index in [1.807, 2.05) is 24.3 Å². The van der Waals surface area contributed by atoms with Gasteiger partial charge in [-0.25, -0.2) is 0 Å². The molecule has 1 aliphatic rings. The van der Waals surface area contributed by atoms with E-state index in [4.69, 9.17) is 0 Å². The second kappa shape index (κ2) is 2.38. The lowest BCUT2D eigenvalue weighted by Gasteiger charge is -2.02. The number of aliphatic hydroxyl groups is 1. The van der Waals surface area contributed by atoms with Crippen molar-refractivity contribution in [1.82, 2.24) is 0 Å². The van der Waals surface area contributed by atoms with Gasteiger partial charge in [0.25, 0.3) is 0 Å². The summed E-state index contributed by atoms with van der Waals surface area (Å²) < 4.78 is 0. The first-order chi connectivity index (χ1) is 5.29. The van der Waals surface area contributed by atoms with Crippen LogP contribution in [0.2, 0.25) is 0 Å². The quantitative estimate of drug-likeness (QED) is 0.654. The molecule has 56 valence electrons. The number of allylic oxidation sites excluding steroid dienone is 1. The van der Waals surface area contributed by atoms with Crippen molar-refractivity contribution >= 4 is 22.0 Å². The highest BCUT2D eigenvalue weighted by Gasteiger charge is 2.20. The zero-order valence-electron chi connectivity index (χ0n) is 5.79. The molecular formula is C9H7BrO. The standard InChI is InChI=1S/C9H7BrO/c10-9-7-4-2-1-3-6(7)5-8(9)11/h1-5,9,11H. The summed E-state index contributed by atoms with van der Waals surface area (Å²) in [5, 5.41) is 9.33. The Balaban J connectivity index is 2.58. The molecule has 11 heavy (non-hydrogen) atoms. The van der Waals surface area contributed by atoms with E-state index >= 15 is 0 Å². The summed E-state index contributed by atoms with van der Waals surface area (Å²) in [5.74, 6) is 0.395. The van der Waals surface area contributed by atoms with Gasteiger partial charge in [-0.05, 0) is 17.2 Å². The largest absolute Gasteiger partial charge is 0.511 e. The number of halogens is 1. The van der Waals surface area contributed by atoms with Crippen molar-refractivity contribution in [2.45, 2.75) is 4.83 Å². The Labute approximate surface area is 73.5 Å². The Bertz CT molecular complexity index is 317. The van der Waals surface area contributed by atoms with Crippen LogP contribution in [0.3, 0.4) is 0 Å². The van der Waals surface area contributed by atoms with Gasteiger partial charge in [0.05, 0.1) is 4.83 Å². The topological polar surface area (TPSA) is 20.2 Å². The SMILES string of the molecule is OC1=Cc2ccccc2C1Br. The maximum atomic E-state index is 9.33. The highest BCUT2D eigenvalue weighted by Crippen LogP contribution is 2.38. The number of hydrogen-bond donors (Lipinski definition) is 1. The van der Waals surface area contributed by atoms with Crippen LogP contribution in [0.4, 0.5) is 0 Å². The van der Waals surface area contributed by atoms with E-state index in [1.165, 1.54) is 0 Å². The second-order valence-electron chi connectivity index (χ2n) is 2.56. The fraction of sp³-hybridized carbons (Fsp3) is 0.111. The zero-order chi connectivity index (χ0) is 7.84. The fourth-order valence-electron chi connectivity index (χ4n) is 1.26. The van der Waals surface area contributed by atoms with E-state index in [-0.39, 0.29) is 4.83 Å². The molecule has 0 fully saturated rings. The van der Waals surface area contributed by atoms with Gasteiger partial charge >= 0.3 is 0 Å². The van der Waals surface area contributed by atoms with Crippen LogP contribution in [0.1, 0.15) is 16.0 Å². The van der Waals surface area contributed by atoms with Gasteiger partial charge in [-0.15, -0.1) is 0 Å². The lowest BCUT2D eigenvalue weighted by atomic mass is 10.1. The predicted molar refractivity (Wildman–Crippen MR) is 48.7 cm³/mol. The molecule has 1 atom stereocenters. The van der Waals surface area contributed by atoms with Gasteiger partial charge in [-0.1, -0.05) is 40.2 Å². The second-order valence-corrected chi connectivity index (χ2v) is 3.48. The minimum Gasteiger partial charge on any atom is -0.511 e. The van der Waals surface area contributed by atoms with Crippen LogP contribution in [0, 0.1) is 0 Å². The van der Waals surface area contributed by atoms with Crippen molar-refractivity contribution < 1.29 is 5.11 Å². The lowest BCUT2D eigenvalue weighted by molar-refractivity contribution is 0.406. The Morgan fingerprint density at radius 2 is 2.00 bits per heavy atom. The molecule has 0 bridgehead atoms. The molecule has 1 aromatic rings. The number of hydrogen-bond acceptors (Lipinski definition) is 1. The maximum Gasteiger partial charge on any atom is 0.111 e. The average Bonchev–Trinajstić information content (AvgIpc) is 2.30. The molecule has 0 amide bonds. The van der Waals surface area contributed by atoms with E-state index in [0.717, 1.165) is 11.1 Å². The molecule has 1 aliphatic carbocycles. The monoisotopic (exact) mass is 210 g/mol. The molecule has 0 aliphatic heterocycles. The first kappa shape index (κ1) is 6.92. The van der Waals surface area contributed by atoms with Crippen LogP contribution in [0.25, 0.3) is 6.08 Å². The molecule has 0 heterocycles. The summed E-state index contributed by atoms with van der Waals surface area (Å²) in [4.78, 5) is -0.00120. The molecule has 0 saturated carbocycles. The van der Waals surface area contributed by atoms with E-state index in [0.29, 0.717) is 5.76 Å². The minimum atomic E-state index is -0.00120. The Kier molecular flexibility index (Phi) is 1.50. The molecule has 2 heteroatoms. The van der Waals surface area contributed by atoms with E-state index < -0.39 is 0 Å². The van der Waals surface area contributed by atoms with Crippen LogP contribution in [-0.4, -0.2) is 5.11 Å². The van der Waals surface area contributed by atoms with Gasteiger partial charge in [-0.3, -0.25) is 0 Å². The molecule has 1 aromatic carbocycles. The lowest BCUT2D eigenvalue weighted by Crippen LogP contribution is -1.86. The van der Waals surface area contributed by atoms with Crippen molar-refractivity contribution in [1.29, 1.82) is 0 Å². The molecular weight excluding hydrogens is 204 g/mol. The Hall–Kier alpha value is -0.760. The molecule has 0 saturated heterocycles. The van der Waals surface area contributed by atoms with Crippen molar-refractivity contribution in [3.8, 4) is 0 Å². The predicted octanol–water partition coefficient (Wildman–Crippen LogP) is 3.04. The normalized spacial score (nSPS) is 21.2. The Morgan fingerprint density at radius 1 is 1.27 bits per heavy atom. The maximum absolute atomic E-state index is 9.33. The molecule has 1 nitrogen and oxygen atoms in total. The van der Waals surface area contributed by atoms with Gasteiger partial charge in [-0.2, -0.15) is 0 Å². The summed E-state index contributed by atoms with van der Waals surface area (Å²) in [5.41, 5.74) is 2.25. The zero-order valence-corrected chi connectivity index (χ0v) is 7.38. The van der Waals surface area contributed by atoms with Gasteiger partial charge in [0.1, 0.15) is 5.76 Å². The third kappa shape index (κ3) is 0.979. The fourth-order valence-corrected chi connectivity index (χ4v) is 1.81. The van der Waals surface area contributed by atoms with Crippen molar-refractivity contribution in [2.24, 2.45) is 0 Å². The minimum absolute atomic E-state index is 0.00120. The van der Waals surface area contributed by atoms with Crippen LogP contribution >= 0.6 is 15.9 Å². The molecule has 1 N–H and O–H groups in total. The van der Waals surface area contributed by atoms with E-state index in [9.17, 15) is 5.11 Å². The number of benzene rings is 1. The van der Waals surface area contributed by atoms with Crippen molar-refractivity contribution in [2.75, 3.05) is 0 Å². The first-order valence-corrected chi connectivity index (χ1v) is 4.34.